The summed E-state index contributed by atoms with van der Waals surface area (Å²) in [5.74, 6) is -0.190. The molecule has 0 bridgehead atoms. The highest BCUT2D eigenvalue weighted by molar-refractivity contribution is 5.28. The maximum atomic E-state index is 13.0. The van der Waals surface area contributed by atoms with Crippen LogP contribution in [0.2, 0.25) is 0 Å². The molecule has 1 atom stereocenters. The van der Waals surface area contributed by atoms with E-state index in [2.05, 4.69) is 23.3 Å². The Morgan fingerprint density at radius 1 is 1.10 bits per heavy atom. The van der Waals surface area contributed by atoms with Gasteiger partial charge in [-0.1, -0.05) is 25.1 Å². The average molecular weight is 286 g/mol. The van der Waals surface area contributed by atoms with Gasteiger partial charge in [0.15, 0.2) is 0 Å². The van der Waals surface area contributed by atoms with Crippen molar-refractivity contribution in [2.24, 2.45) is 0 Å². The molecule has 0 aliphatic rings. The molecule has 2 rings (SSSR count). The lowest BCUT2D eigenvalue weighted by Gasteiger charge is -2.21. The Morgan fingerprint density at radius 3 is 2.43 bits per heavy atom. The summed E-state index contributed by atoms with van der Waals surface area (Å²) in [4.78, 5) is 4.56. The highest BCUT2D eigenvalue weighted by atomic mass is 19.1. The normalized spacial score (nSPS) is 12.4. The molecular weight excluding hydrogens is 263 g/mol. The first-order valence-electron chi connectivity index (χ1n) is 7.52. The van der Waals surface area contributed by atoms with E-state index in [1.165, 1.54) is 17.7 Å². The number of aromatic nitrogens is 1. The highest BCUT2D eigenvalue weighted by Crippen LogP contribution is 2.21. The lowest BCUT2D eigenvalue weighted by atomic mass is 9.97. The van der Waals surface area contributed by atoms with Crippen LogP contribution in [0.4, 0.5) is 4.39 Å². The largest absolute Gasteiger partial charge is 0.310 e. The Hall–Kier alpha value is -1.74. The fraction of sp³-hybridized carbons (Fsp3) is 0.389. The van der Waals surface area contributed by atoms with Crippen molar-refractivity contribution in [2.75, 3.05) is 6.54 Å². The monoisotopic (exact) mass is 286 g/mol. The lowest BCUT2D eigenvalue weighted by Crippen LogP contribution is -2.25. The molecule has 0 saturated heterocycles. The molecule has 2 aromatic rings. The molecule has 0 aliphatic carbocycles. The van der Waals surface area contributed by atoms with Crippen LogP contribution in [0, 0.1) is 19.7 Å². The molecule has 21 heavy (non-hydrogen) atoms. The molecule has 0 fully saturated rings. The van der Waals surface area contributed by atoms with Crippen LogP contribution < -0.4 is 5.32 Å². The van der Waals surface area contributed by atoms with E-state index in [0.29, 0.717) is 0 Å². The molecule has 0 aliphatic heterocycles. The van der Waals surface area contributed by atoms with E-state index in [9.17, 15) is 4.39 Å². The number of nitrogens with zero attached hydrogens (tertiary/aromatic N) is 1. The van der Waals surface area contributed by atoms with Crippen molar-refractivity contribution in [3.63, 3.8) is 0 Å². The van der Waals surface area contributed by atoms with Crippen LogP contribution in [0.5, 0.6) is 0 Å². The van der Waals surface area contributed by atoms with Crippen LogP contribution in [0.3, 0.4) is 0 Å². The minimum Gasteiger partial charge on any atom is -0.310 e. The molecule has 0 amide bonds. The maximum absolute atomic E-state index is 13.0. The van der Waals surface area contributed by atoms with Crippen molar-refractivity contribution in [1.29, 1.82) is 0 Å². The van der Waals surface area contributed by atoms with E-state index in [4.69, 9.17) is 0 Å². The van der Waals surface area contributed by atoms with Crippen LogP contribution in [0.25, 0.3) is 0 Å². The zero-order valence-electron chi connectivity index (χ0n) is 13.0. The Balaban J connectivity index is 2.22. The molecule has 1 unspecified atom stereocenters. The van der Waals surface area contributed by atoms with Gasteiger partial charge in [0.05, 0.1) is 0 Å². The summed E-state index contributed by atoms with van der Waals surface area (Å²) in [5.41, 5.74) is 4.45. The molecule has 0 saturated carbocycles. The van der Waals surface area contributed by atoms with Gasteiger partial charge in [-0.2, -0.15) is 0 Å². The third-order valence-electron chi connectivity index (χ3n) is 3.64. The summed E-state index contributed by atoms with van der Waals surface area (Å²) >= 11 is 0. The van der Waals surface area contributed by atoms with E-state index >= 15 is 0 Å². The first-order chi connectivity index (χ1) is 10.1. The number of hydrogen-bond acceptors (Lipinski definition) is 2. The second-order valence-electron chi connectivity index (χ2n) is 5.46. The summed E-state index contributed by atoms with van der Waals surface area (Å²) in [6.07, 6.45) is 1.92. The fourth-order valence-electron chi connectivity index (χ4n) is 2.53. The standard InChI is InChI=1S/C18H23FN2/c1-4-11-20-18(12-15-6-8-16(19)9-7-15)17-10-5-13(2)21-14(17)3/h5-10,18,20H,4,11-12H2,1-3H3. The van der Waals surface area contributed by atoms with Crippen molar-refractivity contribution < 1.29 is 4.39 Å². The number of rotatable bonds is 6. The molecule has 0 radical (unpaired) electrons. The van der Waals surface area contributed by atoms with Crippen molar-refractivity contribution in [3.05, 3.63) is 64.7 Å². The minimum absolute atomic E-state index is 0.190. The van der Waals surface area contributed by atoms with Gasteiger partial charge in [-0.15, -0.1) is 0 Å². The molecule has 2 nitrogen and oxygen atoms in total. The minimum atomic E-state index is -0.190. The highest BCUT2D eigenvalue weighted by Gasteiger charge is 2.14. The second kappa shape index (κ2) is 7.32. The number of pyridine rings is 1. The molecular formula is C18H23FN2. The number of aryl methyl sites for hydroxylation is 2. The van der Waals surface area contributed by atoms with Gasteiger partial charge in [-0.05, 0) is 62.6 Å². The number of halogens is 1. The fourth-order valence-corrected chi connectivity index (χ4v) is 2.53. The first kappa shape index (κ1) is 15.6. The van der Waals surface area contributed by atoms with E-state index in [0.717, 1.165) is 36.3 Å². The summed E-state index contributed by atoms with van der Waals surface area (Å²) in [5, 5.41) is 3.58. The Kier molecular flexibility index (Phi) is 5.45. The number of nitrogens with one attached hydrogen (secondary N) is 1. The molecule has 3 heteroatoms. The Labute approximate surface area is 126 Å². The topological polar surface area (TPSA) is 24.9 Å². The van der Waals surface area contributed by atoms with Crippen molar-refractivity contribution >= 4 is 0 Å². The molecule has 0 spiro atoms. The second-order valence-corrected chi connectivity index (χ2v) is 5.46. The van der Waals surface area contributed by atoms with Crippen LogP contribution in [-0.4, -0.2) is 11.5 Å². The van der Waals surface area contributed by atoms with E-state index in [1.54, 1.807) is 0 Å². The van der Waals surface area contributed by atoms with Crippen LogP contribution in [0.1, 0.15) is 41.9 Å². The third kappa shape index (κ3) is 4.36. The van der Waals surface area contributed by atoms with E-state index in [1.807, 2.05) is 32.0 Å². The van der Waals surface area contributed by atoms with Gasteiger partial charge in [0.25, 0.3) is 0 Å². The van der Waals surface area contributed by atoms with Crippen molar-refractivity contribution in [3.8, 4) is 0 Å². The van der Waals surface area contributed by atoms with Gasteiger partial charge < -0.3 is 5.32 Å². The van der Waals surface area contributed by atoms with Gasteiger partial charge in [0.1, 0.15) is 5.82 Å². The molecule has 1 N–H and O–H groups in total. The van der Waals surface area contributed by atoms with Gasteiger partial charge in [-0.3, -0.25) is 4.98 Å². The summed E-state index contributed by atoms with van der Waals surface area (Å²) in [6, 6.07) is 11.2. The van der Waals surface area contributed by atoms with Crippen LogP contribution in [-0.2, 0) is 6.42 Å². The first-order valence-corrected chi connectivity index (χ1v) is 7.52. The van der Waals surface area contributed by atoms with E-state index in [-0.39, 0.29) is 11.9 Å². The van der Waals surface area contributed by atoms with Gasteiger partial charge in [-0.25, -0.2) is 4.39 Å². The molecule has 1 heterocycles. The number of benzene rings is 1. The Bertz CT molecular complexity index is 578. The number of hydrogen-bond donors (Lipinski definition) is 1. The van der Waals surface area contributed by atoms with Gasteiger partial charge in [0, 0.05) is 17.4 Å². The Morgan fingerprint density at radius 2 is 1.81 bits per heavy atom. The predicted molar refractivity (Wildman–Crippen MR) is 84.8 cm³/mol. The molecule has 1 aromatic heterocycles. The quantitative estimate of drug-likeness (QED) is 0.864. The van der Waals surface area contributed by atoms with Gasteiger partial charge in [0.2, 0.25) is 0 Å². The van der Waals surface area contributed by atoms with E-state index < -0.39 is 0 Å². The molecule has 112 valence electrons. The van der Waals surface area contributed by atoms with Crippen LogP contribution >= 0.6 is 0 Å². The summed E-state index contributed by atoms with van der Waals surface area (Å²) < 4.78 is 13.0. The maximum Gasteiger partial charge on any atom is 0.123 e. The third-order valence-corrected chi connectivity index (χ3v) is 3.64. The lowest BCUT2D eigenvalue weighted by molar-refractivity contribution is 0.524. The molecule has 1 aromatic carbocycles. The zero-order valence-corrected chi connectivity index (χ0v) is 13.0. The smallest absolute Gasteiger partial charge is 0.123 e. The average Bonchev–Trinajstić information content (AvgIpc) is 2.46. The van der Waals surface area contributed by atoms with Crippen molar-refractivity contribution in [2.45, 2.75) is 39.7 Å². The van der Waals surface area contributed by atoms with Crippen LogP contribution in [0.15, 0.2) is 36.4 Å². The summed E-state index contributed by atoms with van der Waals surface area (Å²) in [7, 11) is 0. The zero-order chi connectivity index (χ0) is 15.2. The van der Waals surface area contributed by atoms with Crippen molar-refractivity contribution in [1.82, 2.24) is 10.3 Å². The predicted octanol–water partition coefficient (Wildman–Crippen LogP) is 4.12. The van der Waals surface area contributed by atoms with Gasteiger partial charge >= 0.3 is 0 Å². The SMILES string of the molecule is CCCNC(Cc1ccc(F)cc1)c1ccc(C)nc1C. The summed E-state index contributed by atoms with van der Waals surface area (Å²) in [6.45, 7) is 7.17.